The van der Waals surface area contributed by atoms with Gasteiger partial charge in [0, 0.05) is 6.20 Å². The number of rotatable bonds is 2. The lowest BCUT2D eigenvalue weighted by Crippen LogP contribution is -2.24. The standard InChI is InChI=1S/C8H8ClNO3/c1-13-7(11)5-10-4-2-3-6(9)8(10)12/h2-4H,5H2,1H3. The number of halogens is 1. The first-order valence-electron chi connectivity index (χ1n) is 3.57. The largest absolute Gasteiger partial charge is 0.468 e. The number of carbonyl (C=O) groups excluding carboxylic acids is 1. The molecule has 0 atom stereocenters. The van der Waals surface area contributed by atoms with Crippen LogP contribution < -0.4 is 5.56 Å². The molecule has 0 saturated heterocycles. The van der Waals surface area contributed by atoms with E-state index in [9.17, 15) is 9.59 Å². The molecule has 0 aromatic carbocycles. The molecule has 0 saturated carbocycles. The third kappa shape index (κ3) is 2.32. The zero-order chi connectivity index (χ0) is 9.84. The Morgan fingerprint density at radius 1 is 1.69 bits per heavy atom. The molecule has 1 aromatic rings. The quantitative estimate of drug-likeness (QED) is 0.661. The zero-order valence-corrected chi connectivity index (χ0v) is 7.75. The van der Waals surface area contributed by atoms with Gasteiger partial charge in [-0.1, -0.05) is 11.6 Å². The number of hydrogen-bond donors (Lipinski definition) is 0. The van der Waals surface area contributed by atoms with Gasteiger partial charge in [0.1, 0.15) is 11.6 Å². The number of pyridine rings is 1. The Hall–Kier alpha value is -1.29. The van der Waals surface area contributed by atoms with Gasteiger partial charge in [-0.3, -0.25) is 9.59 Å². The van der Waals surface area contributed by atoms with Crippen molar-refractivity contribution in [1.82, 2.24) is 4.57 Å². The maximum Gasteiger partial charge on any atom is 0.325 e. The lowest BCUT2D eigenvalue weighted by molar-refractivity contribution is -0.141. The third-order valence-electron chi connectivity index (χ3n) is 1.50. The number of nitrogens with zero attached hydrogens (tertiary/aromatic N) is 1. The smallest absolute Gasteiger partial charge is 0.325 e. The summed E-state index contributed by atoms with van der Waals surface area (Å²) in [7, 11) is 1.26. The first-order valence-corrected chi connectivity index (χ1v) is 3.94. The second-order valence-electron chi connectivity index (χ2n) is 2.37. The molecule has 0 bridgehead atoms. The van der Waals surface area contributed by atoms with E-state index in [-0.39, 0.29) is 11.6 Å². The molecule has 0 fully saturated rings. The molecule has 70 valence electrons. The molecule has 4 nitrogen and oxygen atoms in total. The number of hydrogen-bond acceptors (Lipinski definition) is 3. The monoisotopic (exact) mass is 201 g/mol. The minimum Gasteiger partial charge on any atom is -0.468 e. The number of esters is 1. The van der Waals surface area contributed by atoms with Gasteiger partial charge in [-0.25, -0.2) is 0 Å². The highest BCUT2D eigenvalue weighted by molar-refractivity contribution is 6.30. The Labute approximate surface area is 79.7 Å². The lowest BCUT2D eigenvalue weighted by atomic mass is 10.4. The van der Waals surface area contributed by atoms with Gasteiger partial charge in [0.05, 0.1) is 7.11 Å². The minimum absolute atomic E-state index is 0.0893. The molecule has 1 heterocycles. The van der Waals surface area contributed by atoms with Crippen LogP contribution in [0.5, 0.6) is 0 Å². The molecule has 0 unspecified atom stereocenters. The Bertz CT molecular complexity index is 372. The summed E-state index contributed by atoms with van der Waals surface area (Å²) in [4.78, 5) is 22.1. The van der Waals surface area contributed by atoms with E-state index in [1.165, 1.54) is 23.9 Å². The van der Waals surface area contributed by atoms with Crippen molar-refractivity contribution in [2.75, 3.05) is 7.11 Å². The van der Waals surface area contributed by atoms with Crippen LogP contribution in [0.1, 0.15) is 0 Å². The van der Waals surface area contributed by atoms with Gasteiger partial charge in [-0.15, -0.1) is 0 Å². The van der Waals surface area contributed by atoms with Crippen LogP contribution in [0.25, 0.3) is 0 Å². The fourth-order valence-corrected chi connectivity index (χ4v) is 1.02. The molecule has 0 spiro atoms. The van der Waals surface area contributed by atoms with Crippen LogP contribution in [0.15, 0.2) is 23.1 Å². The Kier molecular flexibility index (Phi) is 3.08. The second-order valence-corrected chi connectivity index (χ2v) is 2.77. The molecular formula is C8H8ClNO3. The van der Waals surface area contributed by atoms with Gasteiger partial charge in [0.25, 0.3) is 5.56 Å². The fraction of sp³-hybridized carbons (Fsp3) is 0.250. The van der Waals surface area contributed by atoms with Crippen molar-refractivity contribution in [2.24, 2.45) is 0 Å². The first-order chi connectivity index (χ1) is 6.15. The summed E-state index contributed by atoms with van der Waals surface area (Å²) in [6.45, 7) is -0.115. The Balaban J connectivity index is 2.96. The van der Waals surface area contributed by atoms with Gasteiger partial charge in [-0.2, -0.15) is 0 Å². The molecule has 0 aliphatic heterocycles. The van der Waals surface area contributed by atoms with Crippen molar-refractivity contribution in [1.29, 1.82) is 0 Å². The first kappa shape index (κ1) is 9.80. The summed E-state index contributed by atoms with van der Waals surface area (Å²) in [5, 5.41) is 0.0893. The molecule has 0 N–H and O–H groups in total. The van der Waals surface area contributed by atoms with Gasteiger partial charge in [-0.05, 0) is 12.1 Å². The Morgan fingerprint density at radius 3 is 3.00 bits per heavy atom. The molecule has 1 aromatic heterocycles. The molecular weight excluding hydrogens is 194 g/mol. The van der Waals surface area contributed by atoms with Crippen LogP contribution in [0.3, 0.4) is 0 Å². The SMILES string of the molecule is COC(=O)Cn1cccc(Cl)c1=O. The number of ether oxygens (including phenoxy) is 1. The van der Waals surface area contributed by atoms with Gasteiger partial charge >= 0.3 is 5.97 Å². The van der Waals surface area contributed by atoms with Gasteiger partial charge < -0.3 is 9.30 Å². The summed E-state index contributed by atoms with van der Waals surface area (Å²) < 4.78 is 5.60. The van der Waals surface area contributed by atoms with Crippen molar-refractivity contribution in [3.63, 3.8) is 0 Å². The summed E-state index contributed by atoms with van der Waals surface area (Å²) in [5.74, 6) is -0.482. The van der Waals surface area contributed by atoms with E-state index in [0.717, 1.165) is 0 Å². The number of carbonyl (C=O) groups is 1. The van der Waals surface area contributed by atoms with Crippen LogP contribution in [-0.2, 0) is 16.1 Å². The van der Waals surface area contributed by atoms with E-state index >= 15 is 0 Å². The van der Waals surface area contributed by atoms with Crippen LogP contribution in [0, 0.1) is 0 Å². The highest BCUT2D eigenvalue weighted by atomic mass is 35.5. The maximum atomic E-state index is 11.2. The van der Waals surface area contributed by atoms with Gasteiger partial charge in [0.2, 0.25) is 0 Å². The molecule has 5 heteroatoms. The van der Waals surface area contributed by atoms with E-state index < -0.39 is 11.5 Å². The van der Waals surface area contributed by atoms with Crippen LogP contribution in [0.4, 0.5) is 0 Å². The molecule has 13 heavy (non-hydrogen) atoms. The van der Waals surface area contributed by atoms with E-state index in [0.29, 0.717) is 0 Å². The maximum absolute atomic E-state index is 11.2. The molecule has 0 aliphatic rings. The van der Waals surface area contributed by atoms with E-state index in [1.54, 1.807) is 6.07 Å². The van der Waals surface area contributed by atoms with Crippen LogP contribution in [-0.4, -0.2) is 17.6 Å². The summed E-state index contributed by atoms with van der Waals surface area (Å²) in [6, 6.07) is 3.06. The Morgan fingerprint density at radius 2 is 2.38 bits per heavy atom. The van der Waals surface area contributed by atoms with Crippen molar-refractivity contribution < 1.29 is 9.53 Å². The van der Waals surface area contributed by atoms with Crippen molar-refractivity contribution in [2.45, 2.75) is 6.54 Å². The predicted molar refractivity (Wildman–Crippen MR) is 47.7 cm³/mol. The molecule has 1 rings (SSSR count). The summed E-state index contributed by atoms with van der Waals surface area (Å²) in [5.41, 5.74) is -0.394. The van der Waals surface area contributed by atoms with Crippen LogP contribution >= 0.6 is 11.6 Å². The summed E-state index contributed by atoms with van der Waals surface area (Å²) >= 11 is 5.56. The third-order valence-corrected chi connectivity index (χ3v) is 1.79. The minimum atomic E-state index is -0.482. The zero-order valence-electron chi connectivity index (χ0n) is 6.99. The van der Waals surface area contributed by atoms with Crippen molar-refractivity contribution in [3.05, 3.63) is 33.7 Å². The molecule has 0 amide bonds. The van der Waals surface area contributed by atoms with Crippen molar-refractivity contribution >= 4 is 17.6 Å². The predicted octanol–water partition coefficient (Wildman–Crippen LogP) is 0.675. The summed E-state index contributed by atoms with van der Waals surface area (Å²) in [6.07, 6.45) is 1.48. The average Bonchev–Trinajstić information content (AvgIpc) is 2.13. The highest BCUT2D eigenvalue weighted by Crippen LogP contribution is 1.98. The molecule has 0 aliphatic carbocycles. The molecule has 0 radical (unpaired) electrons. The van der Waals surface area contributed by atoms with Crippen LogP contribution in [0.2, 0.25) is 5.02 Å². The van der Waals surface area contributed by atoms with E-state index in [4.69, 9.17) is 11.6 Å². The van der Waals surface area contributed by atoms with Gasteiger partial charge in [0.15, 0.2) is 0 Å². The average molecular weight is 202 g/mol. The van der Waals surface area contributed by atoms with E-state index in [2.05, 4.69) is 4.74 Å². The normalized spacial score (nSPS) is 9.69. The van der Waals surface area contributed by atoms with E-state index in [1.807, 2.05) is 0 Å². The van der Waals surface area contributed by atoms with Crippen molar-refractivity contribution in [3.8, 4) is 0 Å². The number of aromatic nitrogens is 1. The lowest BCUT2D eigenvalue weighted by Gasteiger charge is -2.02. The fourth-order valence-electron chi connectivity index (χ4n) is 0.836. The highest BCUT2D eigenvalue weighted by Gasteiger charge is 2.04. The number of methoxy groups -OCH3 is 1. The second kappa shape index (κ2) is 4.09. The topological polar surface area (TPSA) is 48.3 Å².